The maximum absolute atomic E-state index is 6.71. The summed E-state index contributed by atoms with van der Waals surface area (Å²) in [5, 5.41) is 0. The molecule has 1 aromatic heterocycles. The number of hydrogen-bond donors (Lipinski definition) is 1. The minimum Gasteiger partial charge on any atom is -0.497 e. The van der Waals surface area contributed by atoms with E-state index in [1.165, 1.54) is 16.0 Å². The number of nitrogens with zero attached hydrogens (tertiary/aromatic N) is 1. The van der Waals surface area contributed by atoms with E-state index in [0.717, 1.165) is 31.4 Å². The molecule has 1 aliphatic carbocycles. The van der Waals surface area contributed by atoms with Crippen molar-refractivity contribution in [2.45, 2.75) is 31.2 Å². The van der Waals surface area contributed by atoms with Gasteiger partial charge >= 0.3 is 0 Å². The predicted octanol–water partition coefficient (Wildman–Crippen LogP) is 2.88. The lowest BCUT2D eigenvalue weighted by molar-refractivity contribution is 0.365. The van der Waals surface area contributed by atoms with Gasteiger partial charge in [-0.15, -0.1) is 11.3 Å². The summed E-state index contributed by atoms with van der Waals surface area (Å²) in [4.78, 5) is 5.40. The fourth-order valence-corrected chi connectivity index (χ4v) is 3.64. The molecule has 0 fully saturated rings. The second-order valence-corrected chi connectivity index (χ2v) is 6.15. The summed E-state index contributed by atoms with van der Waals surface area (Å²) in [6.07, 6.45) is 6.06. The van der Waals surface area contributed by atoms with E-state index in [-0.39, 0.29) is 5.54 Å². The lowest BCUT2D eigenvalue weighted by atomic mass is 9.75. The summed E-state index contributed by atoms with van der Waals surface area (Å²) in [7, 11) is 1.70. The molecular weight excluding hydrogens is 256 g/mol. The smallest absolute Gasteiger partial charge is 0.119 e. The van der Waals surface area contributed by atoms with Gasteiger partial charge in [-0.2, -0.15) is 0 Å². The molecule has 0 radical (unpaired) electrons. The quantitative estimate of drug-likeness (QED) is 0.936. The van der Waals surface area contributed by atoms with Gasteiger partial charge in [0.25, 0.3) is 0 Å². The van der Waals surface area contributed by atoms with E-state index >= 15 is 0 Å². The van der Waals surface area contributed by atoms with Crippen LogP contribution in [-0.2, 0) is 18.4 Å². The molecule has 4 heteroatoms. The van der Waals surface area contributed by atoms with E-state index in [1.54, 1.807) is 18.4 Å². The molecule has 1 aliphatic rings. The highest BCUT2D eigenvalue weighted by molar-refractivity contribution is 7.09. The van der Waals surface area contributed by atoms with Crippen LogP contribution in [0, 0.1) is 0 Å². The Labute approximate surface area is 117 Å². The maximum Gasteiger partial charge on any atom is 0.119 e. The van der Waals surface area contributed by atoms with Crippen LogP contribution < -0.4 is 10.5 Å². The standard InChI is InChI=1S/C15H18N2OS/c1-18-12-5-4-11-3-2-6-15(16,14(11)7-12)8-13-9-17-10-19-13/h4-5,7,9-10H,2-3,6,8,16H2,1H3. The topological polar surface area (TPSA) is 48.1 Å². The zero-order valence-electron chi connectivity index (χ0n) is 11.1. The van der Waals surface area contributed by atoms with Gasteiger partial charge < -0.3 is 10.5 Å². The first-order valence-electron chi connectivity index (χ1n) is 6.55. The molecule has 100 valence electrons. The Morgan fingerprint density at radius 1 is 1.47 bits per heavy atom. The first-order valence-corrected chi connectivity index (χ1v) is 7.43. The minimum absolute atomic E-state index is 0.283. The Bertz CT molecular complexity index is 568. The first kappa shape index (κ1) is 12.6. The number of aryl methyl sites for hydroxylation is 1. The molecule has 0 aliphatic heterocycles. The van der Waals surface area contributed by atoms with Crippen molar-refractivity contribution < 1.29 is 4.74 Å². The Morgan fingerprint density at radius 3 is 3.11 bits per heavy atom. The average Bonchev–Trinajstić information content (AvgIpc) is 2.91. The van der Waals surface area contributed by atoms with Crippen LogP contribution in [0.15, 0.2) is 29.9 Å². The number of nitrogens with two attached hydrogens (primary N) is 1. The summed E-state index contributed by atoms with van der Waals surface area (Å²) in [6, 6.07) is 6.29. The van der Waals surface area contributed by atoms with Gasteiger partial charge in [0.15, 0.2) is 0 Å². The van der Waals surface area contributed by atoms with Gasteiger partial charge in [0, 0.05) is 23.0 Å². The van der Waals surface area contributed by atoms with Gasteiger partial charge in [-0.1, -0.05) is 6.07 Å². The van der Waals surface area contributed by atoms with Crippen LogP contribution in [0.4, 0.5) is 0 Å². The summed E-state index contributed by atoms with van der Waals surface area (Å²) < 4.78 is 5.34. The van der Waals surface area contributed by atoms with Crippen LogP contribution in [0.2, 0.25) is 0 Å². The molecule has 0 saturated carbocycles. The monoisotopic (exact) mass is 274 g/mol. The lowest BCUT2D eigenvalue weighted by Crippen LogP contribution is -2.42. The number of methoxy groups -OCH3 is 1. The van der Waals surface area contributed by atoms with Gasteiger partial charge in [-0.3, -0.25) is 4.98 Å². The average molecular weight is 274 g/mol. The minimum atomic E-state index is -0.283. The zero-order valence-corrected chi connectivity index (χ0v) is 11.9. The number of ether oxygens (including phenoxy) is 1. The summed E-state index contributed by atoms with van der Waals surface area (Å²) in [6.45, 7) is 0. The summed E-state index contributed by atoms with van der Waals surface area (Å²) >= 11 is 1.68. The molecule has 3 nitrogen and oxygen atoms in total. The molecule has 2 N–H and O–H groups in total. The van der Waals surface area contributed by atoms with E-state index in [9.17, 15) is 0 Å². The highest BCUT2D eigenvalue weighted by Crippen LogP contribution is 2.38. The van der Waals surface area contributed by atoms with E-state index in [1.807, 2.05) is 17.8 Å². The predicted molar refractivity (Wildman–Crippen MR) is 77.6 cm³/mol. The molecular formula is C15H18N2OS. The lowest BCUT2D eigenvalue weighted by Gasteiger charge is -2.35. The maximum atomic E-state index is 6.71. The van der Waals surface area contributed by atoms with Crippen LogP contribution >= 0.6 is 11.3 Å². The third-order valence-corrected chi connectivity index (χ3v) is 4.68. The number of benzene rings is 1. The molecule has 1 aromatic carbocycles. The Balaban J connectivity index is 2.00. The van der Waals surface area contributed by atoms with Crippen LogP contribution in [0.3, 0.4) is 0 Å². The Morgan fingerprint density at radius 2 is 2.37 bits per heavy atom. The molecule has 1 unspecified atom stereocenters. The van der Waals surface area contributed by atoms with E-state index in [2.05, 4.69) is 17.1 Å². The van der Waals surface area contributed by atoms with Gasteiger partial charge in [0.1, 0.15) is 5.75 Å². The second kappa shape index (κ2) is 4.94. The SMILES string of the molecule is COc1ccc2c(c1)C(N)(Cc1cncs1)CCC2. The first-order chi connectivity index (χ1) is 9.21. The third-order valence-electron chi connectivity index (χ3n) is 3.90. The van der Waals surface area contributed by atoms with Crippen molar-refractivity contribution in [1.82, 2.24) is 4.98 Å². The fraction of sp³-hybridized carbons (Fsp3) is 0.400. The number of rotatable bonds is 3. The van der Waals surface area contributed by atoms with Crippen molar-refractivity contribution in [3.8, 4) is 5.75 Å². The van der Waals surface area contributed by atoms with E-state index < -0.39 is 0 Å². The second-order valence-electron chi connectivity index (χ2n) is 5.18. The highest BCUT2D eigenvalue weighted by atomic mass is 32.1. The molecule has 0 amide bonds. The number of fused-ring (bicyclic) bond motifs is 1. The third kappa shape index (κ3) is 2.38. The van der Waals surface area contributed by atoms with Crippen molar-refractivity contribution in [3.63, 3.8) is 0 Å². The molecule has 2 aromatic rings. The summed E-state index contributed by atoms with van der Waals surface area (Å²) in [5.74, 6) is 0.889. The molecule has 0 saturated heterocycles. The zero-order chi connectivity index (χ0) is 13.3. The van der Waals surface area contributed by atoms with Crippen molar-refractivity contribution in [1.29, 1.82) is 0 Å². The van der Waals surface area contributed by atoms with Crippen molar-refractivity contribution >= 4 is 11.3 Å². The molecule has 3 rings (SSSR count). The van der Waals surface area contributed by atoms with Crippen LogP contribution in [-0.4, -0.2) is 12.1 Å². The largest absolute Gasteiger partial charge is 0.497 e. The van der Waals surface area contributed by atoms with E-state index in [4.69, 9.17) is 10.5 Å². The van der Waals surface area contributed by atoms with Crippen LogP contribution in [0.5, 0.6) is 5.75 Å². The van der Waals surface area contributed by atoms with E-state index in [0.29, 0.717) is 0 Å². The molecule has 1 heterocycles. The van der Waals surface area contributed by atoms with Crippen molar-refractivity contribution in [2.24, 2.45) is 5.73 Å². The molecule has 0 spiro atoms. The Kier molecular flexibility index (Phi) is 3.29. The van der Waals surface area contributed by atoms with Gasteiger partial charge in [-0.25, -0.2) is 0 Å². The van der Waals surface area contributed by atoms with Gasteiger partial charge in [-0.05, 0) is 42.5 Å². The summed E-state index contributed by atoms with van der Waals surface area (Å²) in [5.41, 5.74) is 10.9. The fourth-order valence-electron chi connectivity index (χ4n) is 2.92. The molecule has 19 heavy (non-hydrogen) atoms. The Hall–Kier alpha value is -1.39. The van der Waals surface area contributed by atoms with Gasteiger partial charge in [0.05, 0.1) is 12.6 Å². The van der Waals surface area contributed by atoms with Crippen molar-refractivity contribution in [2.75, 3.05) is 7.11 Å². The van der Waals surface area contributed by atoms with Crippen LogP contribution in [0.25, 0.3) is 0 Å². The molecule has 1 atom stereocenters. The molecule has 0 bridgehead atoms. The van der Waals surface area contributed by atoms with Gasteiger partial charge in [0.2, 0.25) is 0 Å². The number of thiazole rings is 1. The number of aromatic nitrogens is 1. The normalized spacial score (nSPS) is 22.0. The highest BCUT2D eigenvalue weighted by Gasteiger charge is 2.33. The number of hydrogen-bond acceptors (Lipinski definition) is 4. The van der Waals surface area contributed by atoms with Crippen LogP contribution in [0.1, 0.15) is 28.8 Å². The van der Waals surface area contributed by atoms with Crippen molar-refractivity contribution in [3.05, 3.63) is 45.9 Å².